The van der Waals surface area contributed by atoms with Crippen molar-refractivity contribution in [2.24, 2.45) is 0 Å². The first-order valence-electron chi connectivity index (χ1n) is 8.43. The zero-order valence-corrected chi connectivity index (χ0v) is 14.3. The summed E-state index contributed by atoms with van der Waals surface area (Å²) in [5, 5.41) is 2.60. The van der Waals surface area contributed by atoms with Crippen LogP contribution in [0.2, 0.25) is 0 Å². The maximum absolute atomic E-state index is 12.5. The molecule has 0 saturated carbocycles. The monoisotopic (exact) mass is 338 g/mol. The van der Waals surface area contributed by atoms with E-state index >= 15 is 0 Å². The molecule has 0 bridgehead atoms. The summed E-state index contributed by atoms with van der Waals surface area (Å²) in [5.74, 6) is -1.16. The first-order valence-corrected chi connectivity index (χ1v) is 8.43. The van der Waals surface area contributed by atoms with Crippen LogP contribution < -0.4 is 10.2 Å². The minimum atomic E-state index is -0.632. The van der Waals surface area contributed by atoms with Crippen LogP contribution in [0.25, 0.3) is 0 Å². The second-order valence-corrected chi connectivity index (χ2v) is 6.19. The number of carbonyl (C=O) groups excluding carboxylic acids is 2. The number of hydrogen-bond donors (Lipinski definition) is 1. The molecule has 1 aromatic carbocycles. The summed E-state index contributed by atoms with van der Waals surface area (Å²) in [6.07, 6.45) is 5.01. The van der Waals surface area contributed by atoms with Crippen LogP contribution in [0.15, 0.2) is 54.9 Å². The Morgan fingerprint density at radius 2 is 2.00 bits per heavy atom. The normalized spacial score (nSPS) is 17.0. The van der Waals surface area contributed by atoms with Gasteiger partial charge in [-0.1, -0.05) is 18.2 Å². The Morgan fingerprint density at radius 1 is 1.20 bits per heavy atom. The molecule has 2 amide bonds. The van der Waals surface area contributed by atoms with Crippen molar-refractivity contribution in [1.82, 2.24) is 9.88 Å². The van der Waals surface area contributed by atoms with Crippen molar-refractivity contribution in [3.63, 3.8) is 0 Å². The van der Waals surface area contributed by atoms with Gasteiger partial charge in [0.05, 0.1) is 11.9 Å². The topological polar surface area (TPSA) is 65.5 Å². The number of nitrogens with one attached hydrogen (secondary N) is 1. The van der Waals surface area contributed by atoms with Gasteiger partial charge in [0.15, 0.2) is 0 Å². The summed E-state index contributed by atoms with van der Waals surface area (Å²) in [6, 6.07) is 13.6. The summed E-state index contributed by atoms with van der Waals surface area (Å²) in [5.41, 5.74) is 1.66. The number of aromatic nitrogens is 1. The van der Waals surface area contributed by atoms with Gasteiger partial charge in [0.1, 0.15) is 0 Å². The molecule has 1 fully saturated rings. The lowest BCUT2D eigenvalue weighted by Crippen LogP contribution is -2.51. The fourth-order valence-electron chi connectivity index (χ4n) is 3.09. The molecule has 6 nitrogen and oxygen atoms in total. The highest BCUT2D eigenvalue weighted by atomic mass is 16.2. The van der Waals surface area contributed by atoms with Crippen molar-refractivity contribution in [2.75, 3.05) is 30.4 Å². The van der Waals surface area contributed by atoms with Gasteiger partial charge in [-0.05, 0) is 37.1 Å². The Morgan fingerprint density at radius 3 is 2.72 bits per heavy atom. The molecule has 1 unspecified atom stereocenters. The van der Waals surface area contributed by atoms with Crippen molar-refractivity contribution in [3.8, 4) is 0 Å². The molecule has 2 aromatic rings. The molecular formula is C19H22N4O2. The summed E-state index contributed by atoms with van der Waals surface area (Å²) in [7, 11) is 1.70. The van der Waals surface area contributed by atoms with Gasteiger partial charge in [-0.25, -0.2) is 0 Å². The van der Waals surface area contributed by atoms with Crippen molar-refractivity contribution >= 4 is 23.2 Å². The number of likely N-dealkylation sites (N-methyl/N-ethyl adjacent to an activating group) is 1. The van der Waals surface area contributed by atoms with E-state index in [1.807, 2.05) is 18.2 Å². The molecule has 3 rings (SSSR count). The summed E-state index contributed by atoms with van der Waals surface area (Å²) >= 11 is 0. The van der Waals surface area contributed by atoms with Crippen LogP contribution in [0.3, 0.4) is 0 Å². The van der Waals surface area contributed by atoms with E-state index in [1.165, 1.54) is 6.20 Å². The van der Waals surface area contributed by atoms with Crippen molar-refractivity contribution in [2.45, 2.75) is 18.9 Å². The predicted octanol–water partition coefficient (Wildman–Crippen LogP) is 2.15. The SMILES string of the molecule is CN(C(=O)C(=O)Nc1cccnc1)C1CCCN(c2ccccc2)C1. The van der Waals surface area contributed by atoms with Gasteiger partial charge in [0.2, 0.25) is 0 Å². The third-order valence-electron chi connectivity index (χ3n) is 4.50. The first kappa shape index (κ1) is 17.0. The maximum atomic E-state index is 12.5. The maximum Gasteiger partial charge on any atom is 0.313 e. The minimum Gasteiger partial charge on any atom is -0.369 e. The predicted molar refractivity (Wildman–Crippen MR) is 97.3 cm³/mol. The molecular weight excluding hydrogens is 316 g/mol. The Bertz CT molecular complexity index is 721. The highest BCUT2D eigenvalue weighted by Gasteiger charge is 2.29. The third kappa shape index (κ3) is 4.15. The number of anilines is 2. The number of rotatable bonds is 3. The number of para-hydroxylation sites is 1. The summed E-state index contributed by atoms with van der Waals surface area (Å²) in [6.45, 7) is 1.69. The molecule has 130 valence electrons. The van der Waals surface area contributed by atoms with Crippen LogP contribution in [0.4, 0.5) is 11.4 Å². The van der Waals surface area contributed by atoms with Gasteiger partial charge in [-0.3, -0.25) is 14.6 Å². The fourth-order valence-corrected chi connectivity index (χ4v) is 3.09. The zero-order valence-electron chi connectivity index (χ0n) is 14.3. The molecule has 1 saturated heterocycles. The molecule has 1 aliphatic rings. The fraction of sp³-hybridized carbons (Fsp3) is 0.316. The lowest BCUT2D eigenvalue weighted by atomic mass is 10.0. The van der Waals surface area contributed by atoms with Gasteiger partial charge < -0.3 is 15.1 Å². The molecule has 0 spiro atoms. The molecule has 2 heterocycles. The van der Waals surface area contributed by atoms with Gasteiger partial charge >= 0.3 is 11.8 Å². The van der Waals surface area contributed by atoms with E-state index in [-0.39, 0.29) is 6.04 Å². The minimum absolute atomic E-state index is 0.0149. The number of amides is 2. The second-order valence-electron chi connectivity index (χ2n) is 6.19. The molecule has 1 N–H and O–H groups in total. The number of piperidine rings is 1. The Kier molecular flexibility index (Phi) is 5.28. The molecule has 0 radical (unpaired) electrons. The highest BCUT2D eigenvalue weighted by Crippen LogP contribution is 2.22. The van der Waals surface area contributed by atoms with E-state index in [0.29, 0.717) is 5.69 Å². The van der Waals surface area contributed by atoms with E-state index in [0.717, 1.165) is 31.6 Å². The van der Waals surface area contributed by atoms with Gasteiger partial charge in [-0.2, -0.15) is 0 Å². The van der Waals surface area contributed by atoms with Crippen LogP contribution in [-0.4, -0.2) is 47.9 Å². The van der Waals surface area contributed by atoms with Crippen LogP contribution in [0, 0.1) is 0 Å². The van der Waals surface area contributed by atoms with Crippen molar-refractivity contribution < 1.29 is 9.59 Å². The summed E-state index contributed by atoms with van der Waals surface area (Å²) in [4.78, 5) is 32.4. The van der Waals surface area contributed by atoms with E-state index in [2.05, 4.69) is 27.3 Å². The zero-order chi connectivity index (χ0) is 17.6. The van der Waals surface area contributed by atoms with E-state index in [4.69, 9.17) is 0 Å². The Labute approximate surface area is 147 Å². The Balaban J connectivity index is 1.62. The smallest absolute Gasteiger partial charge is 0.313 e. The van der Waals surface area contributed by atoms with Gasteiger partial charge in [0.25, 0.3) is 0 Å². The van der Waals surface area contributed by atoms with Gasteiger partial charge in [-0.15, -0.1) is 0 Å². The van der Waals surface area contributed by atoms with Crippen LogP contribution >= 0.6 is 0 Å². The number of carbonyl (C=O) groups is 2. The number of benzene rings is 1. The quantitative estimate of drug-likeness (QED) is 0.871. The second kappa shape index (κ2) is 7.79. The largest absolute Gasteiger partial charge is 0.369 e. The number of hydrogen-bond acceptors (Lipinski definition) is 4. The average Bonchev–Trinajstić information content (AvgIpc) is 2.68. The number of pyridine rings is 1. The molecule has 1 atom stereocenters. The third-order valence-corrected chi connectivity index (χ3v) is 4.50. The molecule has 0 aliphatic carbocycles. The lowest BCUT2D eigenvalue weighted by Gasteiger charge is -2.38. The van der Waals surface area contributed by atoms with E-state index < -0.39 is 11.8 Å². The van der Waals surface area contributed by atoms with Crippen LogP contribution in [-0.2, 0) is 9.59 Å². The average molecular weight is 338 g/mol. The molecule has 6 heteroatoms. The standard InChI is InChI=1S/C19H22N4O2/c1-22(19(25)18(24)21-15-7-5-11-20-13-15)17-10-6-12-23(14-17)16-8-3-2-4-9-16/h2-5,7-9,11,13,17H,6,10,12,14H2,1H3,(H,21,24). The van der Waals surface area contributed by atoms with E-state index in [9.17, 15) is 9.59 Å². The van der Waals surface area contributed by atoms with Crippen LogP contribution in [0.1, 0.15) is 12.8 Å². The highest BCUT2D eigenvalue weighted by molar-refractivity contribution is 6.39. The van der Waals surface area contributed by atoms with Gasteiger partial charge in [0, 0.05) is 38.1 Å². The van der Waals surface area contributed by atoms with E-state index in [1.54, 1.807) is 30.3 Å². The lowest BCUT2D eigenvalue weighted by molar-refractivity contribution is -0.143. The molecule has 1 aliphatic heterocycles. The Hall–Kier alpha value is -2.89. The van der Waals surface area contributed by atoms with Crippen LogP contribution in [0.5, 0.6) is 0 Å². The molecule has 25 heavy (non-hydrogen) atoms. The van der Waals surface area contributed by atoms with Crippen molar-refractivity contribution in [1.29, 1.82) is 0 Å². The summed E-state index contributed by atoms with van der Waals surface area (Å²) < 4.78 is 0. The number of nitrogens with zero attached hydrogens (tertiary/aromatic N) is 3. The first-order chi connectivity index (χ1) is 12.1. The van der Waals surface area contributed by atoms with Crippen molar-refractivity contribution in [3.05, 3.63) is 54.9 Å². The molecule has 1 aromatic heterocycles.